The van der Waals surface area contributed by atoms with E-state index in [4.69, 9.17) is 5.73 Å². The quantitative estimate of drug-likeness (QED) is 0.894. The van der Waals surface area contributed by atoms with Gasteiger partial charge in [-0.15, -0.1) is 0 Å². The highest BCUT2D eigenvalue weighted by Gasteiger charge is 2.22. The van der Waals surface area contributed by atoms with E-state index in [0.717, 1.165) is 17.7 Å². The highest BCUT2D eigenvalue weighted by atomic mass is 16.2. The minimum Gasteiger partial charge on any atom is -0.327 e. The third-order valence-corrected chi connectivity index (χ3v) is 3.33. The van der Waals surface area contributed by atoms with Crippen LogP contribution in [-0.4, -0.2) is 18.5 Å². The van der Waals surface area contributed by atoms with Crippen LogP contribution >= 0.6 is 0 Å². The SMILES string of the molecule is CCN(C(=O)CC(N)CC(C)(C)C)c1ccccc1C. The summed E-state index contributed by atoms with van der Waals surface area (Å²) in [5.41, 5.74) is 8.38. The van der Waals surface area contributed by atoms with Crippen LogP contribution in [0.15, 0.2) is 24.3 Å². The van der Waals surface area contributed by atoms with Crippen LogP contribution in [0.25, 0.3) is 0 Å². The minimum atomic E-state index is -0.0828. The number of amides is 1. The first-order valence-electron chi connectivity index (χ1n) is 7.36. The maximum atomic E-state index is 12.5. The molecule has 0 spiro atoms. The summed E-state index contributed by atoms with van der Waals surface area (Å²) < 4.78 is 0. The second-order valence-corrected chi connectivity index (χ2v) is 6.65. The fraction of sp³-hybridized carbons (Fsp3) is 0.588. The Bertz CT molecular complexity index is 449. The second-order valence-electron chi connectivity index (χ2n) is 6.65. The smallest absolute Gasteiger partial charge is 0.228 e. The molecule has 0 aliphatic heterocycles. The van der Waals surface area contributed by atoms with Gasteiger partial charge in [-0.25, -0.2) is 0 Å². The Morgan fingerprint density at radius 3 is 2.40 bits per heavy atom. The van der Waals surface area contributed by atoms with Crippen LogP contribution in [0.1, 0.15) is 46.1 Å². The van der Waals surface area contributed by atoms with E-state index in [9.17, 15) is 4.79 Å². The van der Waals surface area contributed by atoms with Crippen molar-refractivity contribution < 1.29 is 4.79 Å². The van der Waals surface area contributed by atoms with Crippen LogP contribution in [0.4, 0.5) is 5.69 Å². The fourth-order valence-corrected chi connectivity index (χ4v) is 2.54. The van der Waals surface area contributed by atoms with Crippen molar-refractivity contribution in [3.8, 4) is 0 Å². The number of aryl methyl sites for hydroxylation is 1. The summed E-state index contributed by atoms with van der Waals surface area (Å²) in [7, 11) is 0. The highest BCUT2D eigenvalue weighted by molar-refractivity contribution is 5.94. The van der Waals surface area contributed by atoms with Crippen LogP contribution in [-0.2, 0) is 4.79 Å². The Morgan fingerprint density at radius 1 is 1.30 bits per heavy atom. The van der Waals surface area contributed by atoms with Crippen molar-refractivity contribution >= 4 is 11.6 Å². The summed E-state index contributed by atoms with van der Waals surface area (Å²) >= 11 is 0. The van der Waals surface area contributed by atoms with Gasteiger partial charge in [-0.05, 0) is 37.3 Å². The van der Waals surface area contributed by atoms with Gasteiger partial charge < -0.3 is 10.6 Å². The Hall–Kier alpha value is -1.35. The van der Waals surface area contributed by atoms with Gasteiger partial charge in [0, 0.05) is 24.7 Å². The lowest BCUT2D eigenvalue weighted by Crippen LogP contribution is -2.37. The van der Waals surface area contributed by atoms with Gasteiger partial charge in [0.15, 0.2) is 0 Å². The van der Waals surface area contributed by atoms with Crippen molar-refractivity contribution in [2.75, 3.05) is 11.4 Å². The Morgan fingerprint density at radius 2 is 1.90 bits per heavy atom. The second kappa shape index (κ2) is 6.89. The number of para-hydroxylation sites is 1. The number of hydrogen-bond donors (Lipinski definition) is 1. The first-order chi connectivity index (χ1) is 9.24. The van der Waals surface area contributed by atoms with E-state index in [-0.39, 0.29) is 17.4 Å². The third-order valence-electron chi connectivity index (χ3n) is 3.33. The minimum absolute atomic E-state index is 0.0828. The first kappa shape index (κ1) is 16.7. The lowest BCUT2D eigenvalue weighted by Gasteiger charge is -2.27. The van der Waals surface area contributed by atoms with Gasteiger partial charge in [0.25, 0.3) is 0 Å². The van der Waals surface area contributed by atoms with Gasteiger partial charge >= 0.3 is 0 Å². The Kier molecular flexibility index (Phi) is 5.75. The molecule has 0 fully saturated rings. The molecule has 3 nitrogen and oxygen atoms in total. The molecule has 0 aliphatic carbocycles. The summed E-state index contributed by atoms with van der Waals surface area (Å²) in [6, 6.07) is 7.89. The molecule has 0 heterocycles. The molecule has 1 aromatic carbocycles. The van der Waals surface area contributed by atoms with Gasteiger partial charge in [-0.3, -0.25) is 4.79 Å². The molecule has 1 aromatic rings. The molecule has 0 aromatic heterocycles. The fourth-order valence-electron chi connectivity index (χ4n) is 2.54. The lowest BCUT2D eigenvalue weighted by molar-refractivity contribution is -0.119. The maximum Gasteiger partial charge on any atom is 0.228 e. The zero-order valence-electron chi connectivity index (χ0n) is 13.4. The molecule has 1 unspecified atom stereocenters. The zero-order chi connectivity index (χ0) is 15.3. The molecule has 3 heteroatoms. The van der Waals surface area contributed by atoms with Crippen molar-refractivity contribution in [2.24, 2.45) is 11.1 Å². The largest absolute Gasteiger partial charge is 0.327 e. The Labute approximate surface area is 123 Å². The number of nitrogens with zero attached hydrogens (tertiary/aromatic N) is 1. The zero-order valence-corrected chi connectivity index (χ0v) is 13.4. The highest BCUT2D eigenvalue weighted by Crippen LogP contribution is 2.23. The molecule has 112 valence electrons. The first-order valence-corrected chi connectivity index (χ1v) is 7.36. The molecule has 1 amide bonds. The predicted molar refractivity (Wildman–Crippen MR) is 85.9 cm³/mol. The maximum absolute atomic E-state index is 12.5. The molecule has 0 bridgehead atoms. The summed E-state index contributed by atoms with van der Waals surface area (Å²) in [5, 5.41) is 0. The predicted octanol–water partition coefficient (Wildman–Crippen LogP) is 3.50. The van der Waals surface area contributed by atoms with E-state index < -0.39 is 0 Å². The summed E-state index contributed by atoms with van der Waals surface area (Å²) in [6.45, 7) is 11.1. The van der Waals surface area contributed by atoms with E-state index in [0.29, 0.717) is 13.0 Å². The van der Waals surface area contributed by atoms with Crippen molar-refractivity contribution in [3.05, 3.63) is 29.8 Å². The van der Waals surface area contributed by atoms with Gasteiger partial charge in [0.2, 0.25) is 5.91 Å². The van der Waals surface area contributed by atoms with Crippen LogP contribution in [0.2, 0.25) is 0 Å². The van der Waals surface area contributed by atoms with Gasteiger partial charge in [0.05, 0.1) is 0 Å². The molecule has 1 rings (SSSR count). The van der Waals surface area contributed by atoms with Gasteiger partial charge in [-0.1, -0.05) is 39.0 Å². The number of nitrogens with two attached hydrogens (primary N) is 1. The molecule has 20 heavy (non-hydrogen) atoms. The van der Waals surface area contributed by atoms with Crippen LogP contribution in [0.5, 0.6) is 0 Å². The topological polar surface area (TPSA) is 46.3 Å². The van der Waals surface area contributed by atoms with Crippen LogP contribution in [0, 0.1) is 12.3 Å². The van der Waals surface area contributed by atoms with Gasteiger partial charge in [-0.2, -0.15) is 0 Å². The standard InChI is InChI=1S/C17H28N2O/c1-6-19(15-10-8-7-9-13(15)2)16(20)11-14(18)12-17(3,4)5/h7-10,14H,6,11-12,18H2,1-5H3. The van der Waals surface area contributed by atoms with Crippen LogP contribution in [0.3, 0.4) is 0 Å². The molecule has 0 saturated carbocycles. The van der Waals surface area contributed by atoms with Crippen LogP contribution < -0.4 is 10.6 Å². The van der Waals surface area contributed by atoms with E-state index in [1.54, 1.807) is 0 Å². The lowest BCUT2D eigenvalue weighted by atomic mass is 9.87. The molecule has 2 N–H and O–H groups in total. The summed E-state index contributed by atoms with van der Waals surface area (Å²) in [6.07, 6.45) is 1.25. The van der Waals surface area contributed by atoms with Crippen molar-refractivity contribution in [2.45, 2.75) is 53.5 Å². The third kappa shape index (κ3) is 4.97. The normalized spacial score (nSPS) is 13.1. The number of benzene rings is 1. The average molecular weight is 276 g/mol. The van der Waals surface area contributed by atoms with E-state index in [1.165, 1.54) is 0 Å². The number of hydrogen-bond acceptors (Lipinski definition) is 2. The summed E-state index contributed by atoms with van der Waals surface area (Å²) in [5.74, 6) is 0.110. The van der Waals surface area contributed by atoms with Crippen molar-refractivity contribution in [1.29, 1.82) is 0 Å². The van der Waals surface area contributed by atoms with Crippen molar-refractivity contribution in [1.82, 2.24) is 0 Å². The molecule has 0 radical (unpaired) electrons. The number of carbonyl (C=O) groups is 1. The molecule has 0 saturated heterocycles. The summed E-state index contributed by atoms with van der Waals surface area (Å²) in [4.78, 5) is 14.3. The molecular weight excluding hydrogens is 248 g/mol. The van der Waals surface area contributed by atoms with Gasteiger partial charge in [0.1, 0.15) is 0 Å². The molecule has 0 aliphatic rings. The Balaban J connectivity index is 2.76. The number of rotatable bonds is 5. The molecular formula is C17H28N2O. The number of anilines is 1. The number of carbonyl (C=O) groups excluding carboxylic acids is 1. The molecule has 1 atom stereocenters. The monoisotopic (exact) mass is 276 g/mol. The average Bonchev–Trinajstić information content (AvgIpc) is 2.29. The van der Waals surface area contributed by atoms with E-state index in [1.807, 2.05) is 43.0 Å². The van der Waals surface area contributed by atoms with E-state index in [2.05, 4.69) is 20.8 Å². The van der Waals surface area contributed by atoms with E-state index >= 15 is 0 Å². The van der Waals surface area contributed by atoms with Crippen molar-refractivity contribution in [3.63, 3.8) is 0 Å².